The van der Waals surface area contributed by atoms with Crippen LogP contribution < -0.4 is 15.1 Å². The number of fused-ring (bicyclic) bond motifs is 1. The number of halogens is 2. The van der Waals surface area contributed by atoms with E-state index < -0.39 is 36.3 Å². The second kappa shape index (κ2) is 9.93. The summed E-state index contributed by atoms with van der Waals surface area (Å²) in [4.78, 5) is 44.9. The van der Waals surface area contributed by atoms with Gasteiger partial charge in [0.2, 0.25) is 11.7 Å². The van der Waals surface area contributed by atoms with Crippen molar-refractivity contribution in [3.05, 3.63) is 48.2 Å². The number of ether oxygens (including phenoxy) is 1. The van der Waals surface area contributed by atoms with Crippen LogP contribution in [0.4, 0.5) is 25.0 Å². The normalized spacial score (nSPS) is 17.9. The molecule has 2 fully saturated rings. The largest absolute Gasteiger partial charge is 0.441 e. The molecule has 2 N–H and O–H groups in total. The van der Waals surface area contributed by atoms with Crippen molar-refractivity contribution in [2.75, 3.05) is 55.7 Å². The third-order valence-electron chi connectivity index (χ3n) is 6.16. The summed E-state index contributed by atoms with van der Waals surface area (Å²) in [5.74, 6) is -2.65. The highest BCUT2D eigenvalue weighted by Gasteiger charge is 2.34. The minimum absolute atomic E-state index is 0.0125. The molecule has 2 aliphatic heterocycles. The minimum Gasteiger partial charge on any atom is -0.441 e. The van der Waals surface area contributed by atoms with Crippen LogP contribution in [-0.4, -0.2) is 99.5 Å². The van der Waals surface area contributed by atoms with Gasteiger partial charge in [-0.2, -0.15) is 0 Å². The highest BCUT2D eigenvalue weighted by Crippen LogP contribution is 2.31. The number of benzene rings is 1. The molecule has 2 aromatic heterocycles. The van der Waals surface area contributed by atoms with Gasteiger partial charge in [-0.1, -0.05) is 0 Å². The molecule has 1 atom stereocenters. The van der Waals surface area contributed by atoms with Crippen molar-refractivity contribution in [3.8, 4) is 0 Å². The molecular weight excluding hydrogens is 494 g/mol. The fraction of sp³-hybridized carbons (Fsp3) is 0.364. The number of aliphatic hydroxyl groups excluding tert-OH is 1. The molecule has 15 heteroatoms. The van der Waals surface area contributed by atoms with Crippen LogP contribution in [0, 0.1) is 11.6 Å². The van der Waals surface area contributed by atoms with E-state index in [-0.39, 0.29) is 62.4 Å². The van der Waals surface area contributed by atoms with Crippen molar-refractivity contribution in [3.63, 3.8) is 0 Å². The molecular formula is C22H22F2N8O5. The van der Waals surface area contributed by atoms with Gasteiger partial charge in [0.05, 0.1) is 31.6 Å². The predicted octanol–water partition coefficient (Wildman–Crippen LogP) is -0.201. The van der Waals surface area contributed by atoms with E-state index in [1.807, 2.05) is 0 Å². The van der Waals surface area contributed by atoms with E-state index in [9.17, 15) is 23.2 Å². The number of anilines is 2. The van der Waals surface area contributed by atoms with Crippen LogP contribution in [0.25, 0.3) is 5.65 Å². The van der Waals surface area contributed by atoms with E-state index in [1.54, 1.807) is 0 Å². The van der Waals surface area contributed by atoms with Crippen LogP contribution in [0.3, 0.4) is 0 Å². The van der Waals surface area contributed by atoms with Crippen LogP contribution in [-0.2, 0) is 9.53 Å². The number of aromatic nitrogens is 4. The minimum atomic E-state index is -0.863. The monoisotopic (exact) mass is 516 g/mol. The van der Waals surface area contributed by atoms with Crippen LogP contribution in [0.2, 0.25) is 0 Å². The second-order valence-electron chi connectivity index (χ2n) is 8.44. The van der Waals surface area contributed by atoms with E-state index in [1.165, 1.54) is 32.8 Å². The molecule has 0 radical (unpaired) electrons. The number of carbonyl (C=O) groups excluding carboxylic acids is 3. The van der Waals surface area contributed by atoms with Crippen LogP contribution in [0.5, 0.6) is 0 Å². The summed E-state index contributed by atoms with van der Waals surface area (Å²) in [5.41, 5.74) is 0.113. The Balaban J connectivity index is 1.17. The summed E-state index contributed by atoms with van der Waals surface area (Å²) in [6.07, 6.45) is 2.89. The molecule has 1 unspecified atom stereocenters. The van der Waals surface area contributed by atoms with Gasteiger partial charge in [0.25, 0.3) is 5.91 Å². The van der Waals surface area contributed by atoms with Crippen LogP contribution >= 0.6 is 0 Å². The van der Waals surface area contributed by atoms with E-state index in [4.69, 9.17) is 9.84 Å². The summed E-state index contributed by atoms with van der Waals surface area (Å²) < 4.78 is 36.2. The zero-order valence-electron chi connectivity index (χ0n) is 19.4. The van der Waals surface area contributed by atoms with Gasteiger partial charge >= 0.3 is 6.09 Å². The Morgan fingerprint density at radius 2 is 1.86 bits per heavy atom. The average Bonchev–Trinajstić information content (AvgIpc) is 3.50. The number of nitrogens with one attached hydrogen (secondary N) is 1. The first-order valence-electron chi connectivity index (χ1n) is 11.4. The van der Waals surface area contributed by atoms with Gasteiger partial charge in [0.1, 0.15) is 11.8 Å². The lowest BCUT2D eigenvalue weighted by atomic mass is 10.2. The van der Waals surface area contributed by atoms with Gasteiger partial charge in [-0.3, -0.25) is 23.9 Å². The molecule has 194 valence electrons. The fourth-order valence-corrected chi connectivity index (χ4v) is 4.27. The molecule has 37 heavy (non-hydrogen) atoms. The number of nitrogens with zero attached hydrogens (tertiary/aromatic N) is 7. The lowest BCUT2D eigenvalue weighted by Crippen LogP contribution is -2.51. The summed E-state index contributed by atoms with van der Waals surface area (Å²) in [6, 6.07) is 2.08. The van der Waals surface area contributed by atoms with Crippen molar-refractivity contribution in [1.82, 2.24) is 29.8 Å². The molecule has 3 amide bonds. The molecule has 0 saturated carbocycles. The van der Waals surface area contributed by atoms with Crippen molar-refractivity contribution in [2.24, 2.45) is 0 Å². The summed E-state index contributed by atoms with van der Waals surface area (Å²) in [7, 11) is 0. The van der Waals surface area contributed by atoms with Gasteiger partial charge in [0.15, 0.2) is 17.3 Å². The number of piperazine rings is 1. The number of hydrogen-bond acceptors (Lipinski definition) is 9. The number of cyclic esters (lactones) is 1. The van der Waals surface area contributed by atoms with Gasteiger partial charge in [-0.15, -0.1) is 10.2 Å². The highest BCUT2D eigenvalue weighted by atomic mass is 19.1. The summed E-state index contributed by atoms with van der Waals surface area (Å²) in [5, 5.41) is 19.3. The molecule has 5 rings (SSSR count). The van der Waals surface area contributed by atoms with E-state index in [0.29, 0.717) is 5.65 Å². The number of aliphatic hydroxyl groups is 1. The third kappa shape index (κ3) is 4.72. The Morgan fingerprint density at radius 3 is 2.54 bits per heavy atom. The molecule has 0 bridgehead atoms. The Morgan fingerprint density at radius 1 is 1.14 bits per heavy atom. The molecule has 4 heterocycles. The highest BCUT2D eigenvalue weighted by molar-refractivity contribution is 5.94. The zero-order chi connectivity index (χ0) is 26.1. The van der Waals surface area contributed by atoms with Gasteiger partial charge in [-0.25, -0.2) is 13.6 Å². The first-order valence-corrected chi connectivity index (χ1v) is 11.4. The maximum atomic E-state index is 14.9. The van der Waals surface area contributed by atoms with E-state index >= 15 is 0 Å². The Labute approximate surface area is 208 Å². The fourth-order valence-electron chi connectivity index (χ4n) is 4.27. The predicted molar refractivity (Wildman–Crippen MR) is 123 cm³/mol. The van der Waals surface area contributed by atoms with E-state index in [2.05, 4.69) is 20.5 Å². The number of carbonyl (C=O) groups is 3. The number of rotatable bonds is 6. The first kappa shape index (κ1) is 24.3. The number of amides is 3. The Kier molecular flexibility index (Phi) is 6.52. The van der Waals surface area contributed by atoms with Gasteiger partial charge < -0.3 is 25.0 Å². The second-order valence-corrected chi connectivity index (χ2v) is 8.44. The molecule has 2 aliphatic rings. The lowest BCUT2D eigenvalue weighted by molar-refractivity contribution is -0.130. The molecule has 13 nitrogen and oxygen atoms in total. The van der Waals surface area contributed by atoms with Gasteiger partial charge in [-0.05, 0) is 0 Å². The van der Waals surface area contributed by atoms with Crippen molar-refractivity contribution in [1.29, 1.82) is 0 Å². The standard InChI is InChI=1S/C22H22F2N8O5/c23-15-7-13(32-11-14(12-33)37-22(32)36)8-16(24)19(15)30-5-3-29(4-6-30)18(34)10-26-21(35)20-28-27-17-9-25-1-2-31(17)20/h1-2,7-9,14,33H,3-6,10-12H2,(H,26,35). The number of hydrogen-bond donors (Lipinski definition) is 2. The Hall–Kier alpha value is -4.40. The smallest absolute Gasteiger partial charge is 0.414 e. The van der Waals surface area contributed by atoms with Crippen molar-refractivity contribution < 1.29 is 33.0 Å². The average molecular weight is 516 g/mol. The lowest BCUT2D eigenvalue weighted by Gasteiger charge is -2.36. The molecule has 3 aromatic rings. The van der Waals surface area contributed by atoms with Crippen LogP contribution in [0.15, 0.2) is 30.7 Å². The maximum absolute atomic E-state index is 14.9. The third-order valence-corrected chi connectivity index (χ3v) is 6.16. The molecule has 0 aliphatic carbocycles. The zero-order valence-corrected chi connectivity index (χ0v) is 19.4. The topological polar surface area (TPSA) is 146 Å². The van der Waals surface area contributed by atoms with Crippen molar-refractivity contribution >= 4 is 34.9 Å². The first-order chi connectivity index (χ1) is 17.9. The Bertz CT molecular complexity index is 1340. The SMILES string of the molecule is O=C(NCC(=O)N1CCN(c2c(F)cc(N3CC(CO)OC3=O)cc2F)CC1)c1nnc2cnccn12. The summed E-state index contributed by atoms with van der Waals surface area (Å²) in [6.45, 7) is -0.00333. The van der Waals surface area contributed by atoms with E-state index in [0.717, 1.165) is 17.0 Å². The quantitative estimate of drug-likeness (QED) is 0.455. The molecule has 0 spiro atoms. The molecule has 2 saturated heterocycles. The van der Waals surface area contributed by atoms with Crippen LogP contribution in [0.1, 0.15) is 10.6 Å². The van der Waals surface area contributed by atoms with Gasteiger partial charge in [0, 0.05) is 50.7 Å². The summed E-state index contributed by atoms with van der Waals surface area (Å²) >= 11 is 0. The molecule has 1 aromatic carbocycles. The van der Waals surface area contributed by atoms with Crippen molar-refractivity contribution in [2.45, 2.75) is 6.10 Å². The maximum Gasteiger partial charge on any atom is 0.414 e.